The molecule has 22 heavy (non-hydrogen) atoms. The Labute approximate surface area is 123 Å². The lowest BCUT2D eigenvalue weighted by molar-refractivity contribution is 0.0523. The molecule has 2 rings (SSSR count). The maximum Gasteiger partial charge on any atom is 0.345 e. The fourth-order valence-corrected chi connectivity index (χ4v) is 1.75. The Hall–Kier alpha value is -3.32. The smallest absolute Gasteiger partial charge is 0.345 e. The lowest BCUT2D eigenvalue weighted by Gasteiger charge is -2.07. The Kier molecular flexibility index (Phi) is 4.40. The van der Waals surface area contributed by atoms with E-state index in [1.807, 2.05) is 0 Å². The molecule has 0 spiro atoms. The molecule has 1 aromatic heterocycles. The van der Waals surface area contributed by atoms with Crippen molar-refractivity contribution in [3.63, 3.8) is 0 Å². The van der Waals surface area contributed by atoms with E-state index in [2.05, 4.69) is 15.0 Å². The molecule has 0 bridgehead atoms. The van der Waals surface area contributed by atoms with Gasteiger partial charge < -0.3 is 4.74 Å². The number of azide groups is 1. The number of ether oxygens (including phenoxy) is 1. The van der Waals surface area contributed by atoms with Gasteiger partial charge >= 0.3 is 11.7 Å². The van der Waals surface area contributed by atoms with E-state index in [1.54, 1.807) is 6.92 Å². The molecule has 0 saturated heterocycles. The first-order valence-electron chi connectivity index (χ1n) is 6.25. The predicted octanol–water partition coefficient (Wildman–Crippen LogP) is 1.64. The molecular weight excluding hydrogens is 290 g/mol. The summed E-state index contributed by atoms with van der Waals surface area (Å²) in [5, 5.41) is 3.41. The lowest BCUT2D eigenvalue weighted by atomic mass is 10.2. The van der Waals surface area contributed by atoms with Crippen molar-refractivity contribution >= 4 is 11.7 Å². The average Bonchev–Trinajstić information content (AvgIpc) is 2.49. The molecule has 112 valence electrons. The van der Waals surface area contributed by atoms with E-state index in [-0.39, 0.29) is 12.2 Å². The van der Waals surface area contributed by atoms with Crippen LogP contribution in [0.15, 0.2) is 45.2 Å². The number of aromatic amines is 1. The molecule has 9 nitrogen and oxygen atoms in total. The van der Waals surface area contributed by atoms with Crippen LogP contribution in [-0.4, -0.2) is 22.1 Å². The van der Waals surface area contributed by atoms with Crippen LogP contribution in [0.2, 0.25) is 0 Å². The second-order valence-electron chi connectivity index (χ2n) is 4.10. The highest BCUT2D eigenvalue weighted by atomic mass is 16.5. The summed E-state index contributed by atoms with van der Waals surface area (Å²) in [6, 6.07) is 6.02. The monoisotopic (exact) mass is 301 g/mol. The molecule has 0 aliphatic rings. The van der Waals surface area contributed by atoms with Crippen molar-refractivity contribution in [1.82, 2.24) is 9.55 Å². The zero-order valence-electron chi connectivity index (χ0n) is 11.5. The number of carbonyl (C=O) groups is 1. The molecule has 0 aliphatic heterocycles. The van der Waals surface area contributed by atoms with Crippen LogP contribution in [-0.2, 0) is 4.74 Å². The van der Waals surface area contributed by atoms with Crippen molar-refractivity contribution in [3.8, 4) is 5.69 Å². The van der Waals surface area contributed by atoms with Crippen LogP contribution in [0.1, 0.15) is 17.3 Å². The predicted molar refractivity (Wildman–Crippen MR) is 77.4 cm³/mol. The van der Waals surface area contributed by atoms with E-state index in [0.717, 1.165) is 10.8 Å². The molecule has 0 radical (unpaired) electrons. The number of aromatic nitrogens is 2. The molecule has 1 aromatic carbocycles. The average molecular weight is 301 g/mol. The SMILES string of the molecule is CCOC(=O)c1cn(-c2ccc(N=[N+]=[N-])cc2)c(=O)[nH]c1=O. The third-order valence-electron chi connectivity index (χ3n) is 2.73. The highest BCUT2D eigenvalue weighted by Gasteiger charge is 2.14. The van der Waals surface area contributed by atoms with Gasteiger partial charge in [0.15, 0.2) is 0 Å². The van der Waals surface area contributed by atoms with Gasteiger partial charge in [-0.2, -0.15) is 0 Å². The van der Waals surface area contributed by atoms with Gasteiger partial charge in [0.05, 0.1) is 12.3 Å². The van der Waals surface area contributed by atoms with Crippen molar-refractivity contribution in [1.29, 1.82) is 0 Å². The lowest BCUT2D eigenvalue weighted by Crippen LogP contribution is -2.33. The maximum absolute atomic E-state index is 11.9. The summed E-state index contributed by atoms with van der Waals surface area (Å²) in [5.74, 6) is -0.816. The number of carbonyl (C=O) groups excluding carboxylic acids is 1. The minimum Gasteiger partial charge on any atom is -0.462 e. The number of benzene rings is 1. The Morgan fingerprint density at radius 3 is 2.64 bits per heavy atom. The molecule has 9 heteroatoms. The van der Waals surface area contributed by atoms with Gasteiger partial charge in [-0.25, -0.2) is 9.59 Å². The van der Waals surface area contributed by atoms with Crippen molar-refractivity contribution in [2.75, 3.05) is 6.61 Å². The Bertz CT molecular complexity index is 859. The second-order valence-corrected chi connectivity index (χ2v) is 4.10. The molecule has 0 fully saturated rings. The molecule has 2 aromatic rings. The highest BCUT2D eigenvalue weighted by Crippen LogP contribution is 2.15. The van der Waals surface area contributed by atoms with Crippen LogP contribution in [0.4, 0.5) is 5.69 Å². The van der Waals surface area contributed by atoms with Gasteiger partial charge in [-0.15, -0.1) is 0 Å². The summed E-state index contributed by atoms with van der Waals surface area (Å²) >= 11 is 0. The fraction of sp³-hybridized carbons (Fsp3) is 0.154. The summed E-state index contributed by atoms with van der Waals surface area (Å²) in [6.45, 7) is 1.72. The topological polar surface area (TPSA) is 130 Å². The minimum absolute atomic E-state index is 0.109. The normalized spacial score (nSPS) is 9.86. The molecule has 0 aliphatic carbocycles. The highest BCUT2D eigenvalue weighted by molar-refractivity contribution is 5.88. The largest absolute Gasteiger partial charge is 0.462 e. The van der Waals surface area contributed by atoms with Crippen LogP contribution in [0.3, 0.4) is 0 Å². The number of rotatable bonds is 4. The molecule has 1 N–H and O–H groups in total. The Morgan fingerprint density at radius 1 is 1.36 bits per heavy atom. The Morgan fingerprint density at radius 2 is 2.05 bits per heavy atom. The molecular formula is C13H11N5O4. The number of H-pyrrole nitrogens is 1. The summed E-state index contributed by atoms with van der Waals surface area (Å²) in [7, 11) is 0. The summed E-state index contributed by atoms with van der Waals surface area (Å²) in [5.41, 5.74) is 7.31. The van der Waals surface area contributed by atoms with Crippen molar-refractivity contribution in [2.45, 2.75) is 6.92 Å². The van der Waals surface area contributed by atoms with Crippen molar-refractivity contribution in [3.05, 3.63) is 67.3 Å². The fourth-order valence-electron chi connectivity index (χ4n) is 1.75. The molecule has 0 unspecified atom stereocenters. The molecule has 0 amide bonds. The first kappa shape index (κ1) is 15.1. The van der Waals surface area contributed by atoms with Crippen LogP contribution < -0.4 is 11.2 Å². The number of nitrogens with one attached hydrogen (secondary N) is 1. The minimum atomic E-state index is -0.816. The van der Waals surface area contributed by atoms with Crippen LogP contribution in [0.25, 0.3) is 16.1 Å². The Balaban J connectivity index is 2.53. The molecule has 1 heterocycles. The third kappa shape index (κ3) is 3.05. The molecule has 0 atom stereocenters. The van der Waals surface area contributed by atoms with E-state index in [1.165, 1.54) is 24.3 Å². The standard InChI is InChI=1S/C13H11N5O4/c1-2-22-12(20)10-7-18(13(21)15-11(10)19)9-5-3-8(4-6-9)16-17-14/h3-7H,2H2,1H3,(H,15,19,21). The number of hydrogen-bond donors (Lipinski definition) is 1. The first-order valence-corrected chi connectivity index (χ1v) is 6.25. The molecule has 0 saturated carbocycles. The quantitative estimate of drug-likeness (QED) is 0.398. The van der Waals surface area contributed by atoms with Gasteiger partial charge in [0, 0.05) is 16.8 Å². The summed E-state index contributed by atoms with van der Waals surface area (Å²) in [4.78, 5) is 39.9. The number of hydrogen-bond acceptors (Lipinski definition) is 5. The van der Waals surface area contributed by atoms with Gasteiger partial charge in [0.25, 0.3) is 5.56 Å². The van der Waals surface area contributed by atoms with Crippen molar-refractivity contribution in [2.24, 2.45) is 5.11 Å². The van der Waals surface area contributed by atoms with E-state index in [9.17, 15) is 14.4 Å². The van der Waals surface area contributed by atoms with Crippen LogP contribution in [0, 0.1) is 0 Å². The number of esters is 1. The van der Waals surface area contributed by atoms with E-state index < -0.39 is 17.2 Å². The van der Waals surface area contributed by atoms with Gasteiger partial charge in [0.2, 0.25) is 0 Å². The summed E-state index contributed by atoms with van der Waals surface area (Å²) in [6.07, 6.45) is 1.11. The summed E-state index contributed by atoms with van der Waals surface area (Å²) < 4.78 is 5.85. The van der Waals surface area contributed by atoms with E-state index in [4.69, 9.17) is 10.3 Å². The second kappa shape index (κ2) is 6.42. The first-order chi connectivity index (χ1) is 10.6. The van der Waals surface area contributed by atoms with Gasteiger partial charge in [-0.1, -0.05) is 17.2 Å². The third-order valence-corrected chi connectivity index (χ3v) is 2.73. The van der Waals surface area contributed by atoms with Gasteiger partial charge in [0.1, 0.15) is 5.56 Å². The van der Waals surface area contributed by atoms with Gasteiger partial charge in [-0.05, 0) is 24.6 Å². The van der Waals surface area contributed by atoms with Gasteiger partial charge in [-0.3, -0.25) is 14.3 Å². The van der Waals surface area contributed by atoms with Crippen molar-refractivity contribution < 1.29 is 9.53 Å². The van der Waals surface area contributed by atoms with Crippen LogP contribution >= 0.6 is 0 Å². The zero-order chi connectivity index (χ0) is 16.1. The number of nitrogens with zero attached hydrogens (tertiary/aromatic N) is 4. The van der Waals surface area contributed by atoms with Crippen LogP contribution in [0.5, 0.6) is 0 Å². The zero-order valence-corrected chi connectivity index (χ0v) is 11.5. The maximum atomic E-state index is 11.9. The van der Waals surface area contributed by atoms with E-state index in [0.29, 0.717) is 11.4 Å². The van der Waals surface area contributed by atoms with E-state index >= 15 is 0 Å².